The number of aromatic nitrogens is 4. The van der Waals surface area contributed by atoms with Crippen molar-refractivity contribution in [3.8, 4) is 11.8 Å². The van der Waals surface area contributed by atoms with Gasteiger partial charge in [0.25, 0.3) is 0 Å². The molecule has 0 radical (unpaired) electrons. The molecule has 2 aliphatic heterocycles. The van der Waals surface area contributed by atoms with Crippen molar-refractivity contribution in [3.63, 3.8) is 0 Å². The molecule has 184 valence electrons. The van der Waals surface area contributed by atoms with E-state index in [-0.39, 0.29) is 17.4 Å². The summed E-state index contributed by atoms with van der Waals surface area (Å²) in [4.78, 5) is 23.6. The predicted molar refractivity (Wildman–Crippen MR) is 136 cm³/mol. The van der Waals surface area contributed by atoms with Crippen LogP contribution in [0.4, 0.5) is 11.6 Å². The molecule has 2 N–H and O–H groups in total. The summed E-state index contributed by atoms with van der Waals surface area (Å²) < 4.78 is 6.03. The molecule has 1 saturated carbocycles. The van der Waals surface area contributed by atoms with Crippen LogP contribution in [0.3, 0.4) is 0 Å². The standard InChI is InChI=1S/C27H29N7O2/c1-28-25-24-22(12-23(32-33-24)31-26(35)19-5-6-19)20(14-30-25)7-9-21-8-4-18(13-29-21)15-34-16-27(17-34)10-2-3-11-36-27/h4,8,12-14,19H,2-3,5-6,10-11,15-17H2,1H3,(H,28,30)(H,31,32,35). The molecule has 3 aliphatic rings. The molecule has 3 aromatic rings. The second kappa shape index (κ2) is 9.45. The van der Waals surface area contributed by atoms with Crippen molar-refractivity contribution in [2.24, 2.45) is 5.92 Å². The maximum absolute atomic E-state index is 12.2. The lowest BCUT2D eigenvalue weighted by Gasteiger charge is -2.51. The Morgan fingerprint density at radius 1 is 1.17 bits per heavy atom. The summed E-state index contributed by atoms with van der Waals surface area (Å²) in [6.45, 7) is 3.78. The maximum atomic E-state index is 12.2. The van der Waals surface area contributed by atoms with Crippen molar-refractivity contribution in [3.05, 3.63) is 47.4 Å². The lowest BCUT2D eigenvalue weighted by atomic mass is 9.86. The van der Waals surface area contributed by atoms with Gasteiger partial charge in [0.2, 0.25) is 5.91 Å². The van der Waals surface area contributed by atoms with Crippen LogP contribution in [0.15, 0.2) is 30.6 Å². The van der Waals surface area contributed by atoms with Gasteiger partial charge in [0.15, 0.2) is 11.6 Å². The average Bonchev–Trinajstić information content (AvgIpc) is 3.74. The maximum Gasteiger partial charge on any atom is 0.228 e. The molecule has 2 saturated heterocycles. The number of nitrogens with zero attached hydrogens (tertiary/aromatic N) is 5. The number of rotatable bonds is 5. The highest BCUT2D eigenvalue weighted by Crippen LogP contribution is 2.34. The Labute approximate surface area is 210 Å². The number of nitrogens with one attached hydrogen (secondary N) is 2. The van der Waals surface area contributed by atoms with Crippen molar-refractivity contribution in [1.29, 1.82) is 0 Å². The molecule has 0 atom stereocenters. The third-order valence-corrected chi connectivity index (χ3v) is 7.08. The fourth-order valence-corrected chi connectivity index (χ4v) is 4.97. The van der Waals surface area contributed by atoms with Gasteiger partial charge in [-0.3, -0.25) is 9.69 Å². The number of likely N-dealkylation sites (tertiary alicyclic amines) is 1. The van der Waals surface area contributed by atoms with Crippen LogP contribution in [0.2, 0.25) is 0 Å². The molecule has 3 aromatic heterocycles. The first-order chi connectivity index (χ1) is 17.6. The van der Waals surface area contributed by atoms with Crippen molar-refractivity contribution in [1.82, 2.24) is 25.1 Å². The number of carbonyl (C=O) groups is 1. The van der Waals surface area contributed by atoms with Crippen LogP contribution in [0.25, 0.3) is 10.9 Å². The first kappa shape index (κ1) is 22.8. The Balaban J connectivity index is 1.17. The molecule has 0 unspecified atom stereocenters. The van der Waals surface area contributed by atoms with Gasteiger partial charge in [-0.05, 0) is 55.7 Å². The molecular weight excluding hydrogens is 454 g/mol. The molecule has 9 heteroatoms. The van der Waals surface area contributed by atoms with Gasteiger partial charge in [0.1, 0.15) is 11.2 Å². The molecule has 0 aromatic carbocycles. The van der Waals surface area contributed by atoms with Crippen molar-refractivity contribution in [2.75, 3.05) is 37.4 Å². The summed E-state index contributed by atoms with van der Waals surface area (Å²) in [5.74, 6) is 7.43. The summed E-state index contributed by atoms with van der Waals surface area (Å²) >= 11 is 0. The second-order valence-electron chi connectivity index (χ2n) is 9.96. The first-order valence-electron chi connectivity index (χ1n) is 12.6. The van der Waals surface area contributed by atoms with Crippen LogP contribution in [-0.4, -0.2) is 63.3 Å². The van der Waals surface area contributed by atoms with Gasteiger partial charge in [-0.15, -0.1) is 10.2 Å². The number of hydrogen-bond acceptors (Lipinski definition) is 8. The van der Waals surface area contributed by atoms with E-state index in [2.05, 4.69) is 53.6 Å². The van der Waals surface area contributed by atoms with E-state index in [4.69, 9.17) is 4.74 Å². The molecular formula is C27H29N7O2. The molecule has 0 bridgehead atoms. The normalized spacial score (nSPS) is 18.8. The highest BCUT2D eigenvalue weighted by Gasteiger charge is 2.44. The van der Waals surface area contributed by atoms with Crippen LogP contribution in [0.5, 0.6) is 0 Å². The number of ether oxygens (including phenoxy) is 1. The van der Waals surface area contributed by atoms with E-state index in [0.29, 0.717) is 28.4 Å². The Hall–Kier alpha value is -3.61. The molecule has 9 nitrogen and oxygen atoms in total. The SMILES string of the molecule is CNc1ncc(C#Cc2ccc(CN3CC4(CCCCO4)C3)cn2)c2cc(NC(=O)C3CC3)nnc12. The van der Waals surface area contributed by atoms with E-state index in [1.807, 2.05) is 18.3 Å². The van der Waals surface area contributed by atoms with Gasteiger partial charge >= 0.3 is 0 Å². The summed E-state index contributed by atoms with van der Waals surface area (Å²) in [6.07, 6.45) is 9.09. The highest BCUT2D eigenvalue weighted by atomic mass is 16.5. The zero-order valence-electron chi connectivity index (χ0n) is 20.4. The molecule has 1 spiro atoms. The third kappa shape index (κ3) is 4.74. The van der Waals surface area contributed by atoms with E-state index >= 15 is 0 Å². The number of pyridine rings is 2. The van der Waals surface area contributed by atoms with E-state index in [1.54, 1.807) is 13.2 Å². The zero-order valence-corrected chi connectivity index (χ0v) is 20.4. The Bertz CT molecular complexity index is 1340. The van der Waals surface area contributed by atoms with Gasteiger partial charge in [0, 0.05) is 57.0 Å². The van der Waals surface area contributed by atoms with Gasteiger partial charge in [0.05, 0.1) is 11.2 Å². The fraction of sp³-hybridized carbons (Fsp3) is 0.444. The highest BCUT2D eigenvalue weighted by molar-refractivity contribution is 5.97. The zero-order chi connectivity index (χ0) is 24.5. The van der Waals surface area contributed by atoms with Crippen molar-refractivity contribution >= 4 is 28.4 Å². The Morgan fingerprint density at radius 3 is 2.78 bits per heavy atom. The molecule has 1 amide bonds. The van der Waals surface area contributed by atoms with Crippen LogP contribution in [-0.2, 0) is 16.1 Å². The van der Waals surface area contributed by atoms with Crippen LogP contribution in [0.1, 0.15) is 48.9 Å². The lowest BCUT2D eigenvalue weighted by molar-refractivity contribution is -0.168. The smallest absolute Gasteiger partial charge is 0.228 e. The lowest BCUT2D eigenvalue weighted by Crippen LogP contribution is -2.63. The largest absolute Gasteiger partial charge is 0.372 e. The Kier molecular flexibility index (Phi) is 5.99. The summed E-state index contributed by atoms with van der Waals surface area (Å²) in [6, 6.07) is 5.84. The summed E-state index contributed by atoms with van der Waals surface area (Å²) in [5, 5.41) is 15.1. The molecule has 6 rings (SSSR count). The van der Waals surface area contributed by atoms with E-state index < -0.39 is 0 Å². The molecule has 5 heterocycles. The number of fused-ring (bicyclic) bond motifs is 1. The molecule has 36 heavy (non-hydrogen) atoms. The van der Waals surface area contributed by atoms with E-state index in [9.17, 15) is 4.79 Å². The van der Waals surface area contributed by atoms with Crippen molar-refractivity contribution < 1.29 is 9.53 Å². The number of anilines is 2. The monoisotopic (exact) mass is 483 g/mol. The van der Waals surface area contributed by atoms with Gasteiger partial charge in [-0.1, -0.05) is 12.0 Å². The van der Waals surface area contributed by atoms with Crippen molar-refractivity contribution in [2.45, 2.75) is 44.2 Å². The van der Waals surface area contributed by atoms with Crippen LogP contribution >= 0.6 is 0 Å². The third-order valence-electron chi connectivity index (χ3n) is 7.08. The minimum atomic E-state index is -0.0110. The van der Waals surface area contributed by atoms with Gasteiger partial charge in [-0.2, -0.15) is 0 Å². The topological polar surface area (TPSA) is 105 Å². The predicted octanol–water partition coefficient (Wildman–Crippen LogP) is 2.96. The number of amides is 1. The quantitative estimate of drug-likeness (QED) is 0.534. The summed E-state index contributed by atoms with van der Waals surface area (Å²) in [5.41, 5.74) is 3.26. The van der Waals surface area contributed by atoms with Gasteiger partial charge in [-0.25, -0.2) is 9.97 Å². The second-order valence-corrected chi connectivity index (χ2v) is 9.96. The number of hydrogen-bond donors (Lipinski definition) is 2. The average molecular weight is 484 g/mol. The minimum Gasteiger partial charge on any atom is -0.372 e. The molecule has 3 fully saturated rings. The molecule has 1 aliphatic carbocycles. The Morgan fingerprint density at radius 2 is 2.06 bits per heavy atom. The minimum absolute atomic E-state index is 0.0110. The van der Waals surface area contributed by atoms with E-state index in [1.165, 1.54) is 24.8 Å². The first-order valence-corrected chi connectivity index (χ1v) is 12.6. The van der Waals surface area contributed by atoms with Gasteiger partial charge < -0.3 is 15.4 Å². The number of carbonyl (C=O) groups excluding carboxylic acids is 1. The van der Waals surface area contributed by atoms with Crippen LogP contribution in [0, 0.1) is 17.8 Å². The van der Waals surface area contributed by atoms with Crippen LogP contribution < -0.4 is 10.6 Å². The summed E-state index contributed by atoms with van der Waals surface area (Å²) in [7, 11) is 1.78. The fourth-order valence-electron chi connectivity index (χ4n) is 4.97. The van der Waals surface area contributed by atoms with E-state index in [0.717, 1.165) is 44.5 Å².